The Kier molecular flexibility index (Phi) is 4.10. The Bertz CT molecular complexity index is 740. The first kappa shape index (κ1) is 15.2. The van der Waals surface area contributed by atoms with Crippen molar-refractivity contribution >= 4 is 11.8 Å². The molecule has 1 atom stereocenters. The van der Waals surface area contributed by atoms with Gasteiger partial charge < -0.3 is 10.2 Å². The molecule has 2 aromatic heterocycles. The van der Waals surface area contributed by atoms with Crippen LogP contribution < -0.4 is 5.32 Å². The summed E-state index contributed by atoms with van der Waals surface area (Å²) in [6.07, 6.45) is 3.63. The van der Waals surface area contributed by atoms with Crippen LogP contribution in [0.2, 0.25) is 0 Å². The topological polar surface area (TPSA) is 80.1 Å². The van der Waals surface area contributed by atoms with E-state index in [0.717, 1.165) is 11.3 Å². The van der Waals surface area contributed by atoms with Gasteiger partial charge in [0, 0.05) is 26.0 Å². The van der Waals surface area contributed by atoms with Crippen molar-refractivity contribution in [2.45, 2.75) is 25.9 Å². The predicted octanol–water partition coefficient (Wildman–Crippen LogP) is 0.920. The molecule has 0 fully saturated rings. The zero-order chi connectivity index (χ0) is 16.4. The maximum absolute atomic E-state index is 12.7. The summed E-state index contributed by atoms with van der Waals surface area (Å²) < 4.78 is 1.84. The molecule has 1 aliphatic heterocycles. The minimum absolute atomic E-state index is 0.0700. The quantitative estimate of drug-likeness (QED) is 0.914. The van der Waals surface area contributed by atoms with Crippen molar-refractivity contribution in [3.63, 3.8) is 0 Å². The summed E-state index contributed by atoms with van der Waals surface area (Å²) in [5.74, 6) is -0.192. The third-order valence-electron chi connectivity index (χ3n) is 4.00. The molecular formula is C16H19N5O2. The van der Waals surface area contributed by atoms with Gasteiger partial charge in [0.15, 0.2) is 0 Å². The highest BCUT2D eigenvalue weighted by Crippen LogP contribution is 2.24. The van der Waals surface area contributed by atoms with Crippen molar-refractivity contribution in [2.24, 2.45) is 0 Å². The first-order valence-electron chi connectivity index (χ1n) is 7.53. The zero-order valence-corrected chi connectivity index (χ0v) is 13.2. The van der Waals surface area contributed by atoms with Gasteiger partial charge in [-0.15, -0.1) is 0 Å². The second kappa shape index (κ2) is 6.20. The largest absolute Gasteiger partial charge is 0.359 e. The Labute approximate surface area is 134 Å². The number of pyridine rings is 1. The molecule has 2 aromatic rings. The third kappa shape index (κ3) is 3.08. The Hall–Kier alpha value is -2.70. The van der Waals surface area contributed by atoms with Gasteiger partial charge in [0.25, 0.3) is 5.91 Å². The lowest BCUT2D eigenvalue weighted by molar-refractivity contribution is -0.121. The Morgan fingerprint density at radius 1 is 1.35 bits per heavy atom. The van der Waals surface area contributed by atoms with Crippen LogP contribution in [0.5, 0.6) is 0 Å². The SMILES string of the molecule is CNC(=O)CC1CN(C(=O)c2cc(C)ccn2)Cc2ccnn21. The van der Waals surface area contributed by atoms with Crippen LogP contribution in [0.1, 0.15) is 34.2 Å². The Morgan fingerprint density at radius 3 is 2.91 bits per heavy atom. The number of nitrogens with one attached hydrogen (secondary N) is 1. The summed E-state index contributed by atoms with van der Waals surface area (Å²) in [6, 6.07) is 5.35. The highest BCUT2D eigenvalue weighted by Gasteiger charge is 2.30. The van der Waals surface area contributed by atoms with Crippen molar-refractivity contribution < 1.29 is 9.59 Å². The van der Waals surface area contributed by atoms with E-state index in [1.54, 1.807) is 30.4 Å². The predicted molar refractivity (Wildman–Crippen MR) is 83.7 cm³/mol. The molecule has 23 heavy (non-hydrogen) atoms. The molecule has 1 unspecified atom stereocenters. The molecule has 0 aromatic carbocycles. The number of rotatable bonds is 3. The first-order chi connectivity index (χ1) is 11.1. The molecule has 7 heteroatoms. The number of aryl methyl sites for hydroxylation is 1. The van der Waals surface area contributed by atoms with Gasteiger partial charge in [-0.05, 0) is 30.7 Å². The number of nitrogens with zero attached hydrogens (tertiary/aromatic N) is 4. The number of hydrogen-bond donors (Lipinski definition) is 1. The number of hydrogen-bond acceptors (Lipinski definition) is 4. The van der Waals surface area contributed by atoms with Crippen LogP contribution >= 0.6 is 0 Å². The van der Waals surface area contributed by atoms with E-state index in [1.807, 2.05) is 23.7 Å². The van der Waals surface area contributed by atoms with E-state index in [4.69, 9.17) is 0 Å². The molecule has 0 bridgehead atoms. The fourth-order valence-electron chi connectivity index (χ4n) is 2.82. The number of fused-ring (bicyclic) bond motifs is 1. The molecule has 0 saturated carbocycles. The van der Waals surface area contributed by atoms with Crippen molar-refractivity contribution in [1.29, 1.82) is 0 Å². The van der Waals surface area contributed by atoms with Gasteiger partial charge in [-0.2, -0.15) is 5.10 Å². The molecule has 0 spiro atoms. The van der Waals surface area contributed by atoms with E-state index >= 15 is 0 Å². The molecule has 0 saturated heterocycles. The number of aromatic nitrogens is 3. The molecule has 1 aliphatic rings. The summed E-state index contributed by atoms with van der Waals surface area (Å²) in [5.41, 5.74) is 2.34. The third-order valence-corrected chi connectivity index (χ3v) is 4.00. The summed E-state index contributed by atoms with van der Waals surface area (Å²) in [5, 5.41) is 6.91. The lowest BCUT2D eigenvalue weighted by Gasteiger charge is -2.33. The standard InChI is InChI=1S/C16H19N5O2/c1-11-3-5-18-14(7-11)16(23)20-9-12-4-6-19-21(12)13(10-20)8-15(22)17-2/h3-7,13H,8-10H2,1-2H3,(H,17,22). The van der Waals surface area contributed by atoms with E-state index < -0.39 is 0 Å². The summed E-state index contributed by atoms with van der Waals surface area (Å²) in [6.45, 7) is 2.84. The Morgan fingerprint density at radius 2 is 2.17 bits per heavy atom. The second-order valence-corrected chi connectivity index (χ2v) is 5.70. The van der Waals surface area contributed by atoms with Gasteiger partial charge in [-0.1, -0.05) is 0 Å². The number of carbonyl (C=O) groups excluding carboxylic acids is 2. The van der Waals surface area contributed by atoms with E-state index in [0.29, 0.717) is 18.8 Å². The van der Waals surface area contributed by atoms with Crippen molar-refractivity contribution in [1.82, 2.24) is 25.0 Å². The maximum Gasteiger partial charge on any atom is 0.272 e. The minimum Gasteiger partial charge on any atom is -0.359 e. The van der Waals surface area contributed by atoms with Crippen molar-refractivity contribution in [3.8, 4) is 0 Å². The van der Waals surface area contributed by atoms with Crippen LogP contribution in [0, 0.1) is 6.92 Å². The van der Waals surface area contributed by atoms with E-state index in [2.05, 4.69) is 15.4 Å². The zero-order valence-electron chi connectivity index (χ0n) is 13.2. The van der Waals surface area contributed by atoms with E-state index in [-0.39, 0.29) is 24.3 Å². The summed E-state index contributed by atoms with van der Waals surface area (Å²) in [7, 11) is 1.61. The van der Waals surface area contributed by atoms with Gasteiger partial charge in [0.05, 0.1) is 24.7 Å². The van der Waals surface area contributed by atoms with Gasteiger partial charge in [-0.25, -0.2) is 0 Å². The first-order valence-corrected chi connectivity index (χ1v) is 7.53. The monoisotopic (exact) mass is 313 g/mol. The fraction of sp³-hybridized carbons (Fsp3) is 0.375. The molecule has 3 heterocycles. The van der Waals surface area contributed by atoms with Crippen LogP contribution in [0.4, 0.5) is 0 Å². The molecule has 0 radical (unpaired) electrons. The van der Waals surface area contributed by atoms with Crippen LogP contribution in [0.15, 0.2) is 30.6 Å². The number of carbonyl (C=O) groups is 2. The maximum atomic E-state index is 12.7. The lowest BCUT2D eigenvalue weighted by Crippen LogP contribution is -2.43. The number of amides is 2. The summed E-state index contributed by atoms with van der Waals surface area (Å²) >= 11 is 0. The van der Waals surface area contributed by atoms with Crippen LogP contribution in [-0.2, 0) is 11.3 Å². The van der Waals surface area contributed by atoms with Gasteiger partial charge in [0.2, 0.25) is 5.91 Å². The van der Waals surface area contributed by atoms with Crippen molar-refractivity contribution in [2.75, 3.05) is 13.6 Å². The molecule has 120 valence electrons. The highest BCUT2D eigenvalue weighted by atomic mass is 16.2. The van der Waals surface area contributed by atoms with Crippen LogP contribution in [0.25, 0.3) is 0 Å². The molecule has 7 nitrogen and oxygen atoms in total. The normalized spacial score (nSPS) is 16.8. The minimum atomic E-state index is -0.164. The van der Waals surface area contributed by atoms with E-state index in [9.17, 15) is 9.59 Å². The fourth-order valence-corrected chi connectivity index (χ4v) is 2.82. The van der Waals surface area contributed by atoms with Gasteiger partial charge >= 0.3 is 0 Å². The molecule has 2 amide bonds. The molecule has 1 N–H and O–H groups in total. The van der Waals surface area contributed by atoms with Crippen molar-refractivity contribution in [3.05, 3.63) is 47.5 Å². The molecule has 3 rings (SSSR count). The smallest absolute Gasteiger partial charge is 0.272 e. The average molecular weight is 313 g/mol. The van der Waals surface area contributed by atoms with Crippen LogP contribution in [0.3, 0.4) is 0 Å². The Balaban J connectivity index is 1.85. The molecule has 0 aliphatic carbocycles. The lowest BCUT2D eigenvalue weighted by atomic mass is 10.1. The van der Waals surface area contributed by atoms with E-state index in [1.165, 1.54) is 0 Å². The van der Waals surface area contributed by atoms with Gasteiger partial charge in [-0.3, -0.25) is 19.3 Å². The highest BCUT2D eigenvalue weighted by molar-refractivity contribution is 5.92. The summed E-state index contributed by atoms with van der Waals surface area (Å²) in [4.78, 5) is 30.3. The average Bonchev–Trinajstić information content (AvgIpc) is 3.02. The van der Waals surface area contributed by atoms with Crippen LogP contribution in [-0.4, -0.2) is 45.1 Å². The second-order valence-electron chi connectivity index (χ2n) is 5.70. The van der Waals surface area contributed by atoms with Gasteiger partial charge in [0.1, 0.15) is 5.69 Å². The molecular weight excluding hydrogens is 294 g/mol.